The first kappa shape index (κ1) is 18.6. The van der Waals surface area contributed by atoms with Crippen LogP contribution >= 0.6 is 15.9 Å². The van der Waals surface area contributed by atoms with Crippen molar-refractivity contribution >= 4 is 32.4 Å². The first-order chi connectivity index (χ1) is 15.2. The molecule has 4 aromatic carbocycles. The highest BCUT2D eigenvalue weighted by Crippen LogP contribution is 2.48. The summed E-state index contributed by atoms with van der Waals surface area (Å²) in [7, 11) is 0. The van der Waals surface area contributed by atoms with Crippen molar-refractivity contribution in [1.82, 2.24) is 5.01 Å². The predicted octanol–water partition coefficient (Wildman–Crippen LogP) is 6.98. The summed E-state index contributed by atoms with van der Waals surface area (Å²) in [6.45, 7) is 0. The van der Waals surface area contributed by atoms with Crippen LogP contribution in [0.1, 0.15) is 35.4 Å². The molecule has 2 aliphatic rings. The second kappa shape index (κ2) is 7.20. The Morgan fingerprint density at radius 1 is 0.903 bits per heavy atom. The number of fused-ring (bicyclic) bond motifs is 4. The van der Waals surface area contributed by atoms with Crippen LogP contribution in [-0.4, -0.2) is 10.7 Å². The smallest absolute Gasteiger partial charge is 0.213 e. The fourth-order valence-electron chi connectivity index (χ4n) is 4.48. The van der Waals surface area contributed by atoms with E-state index < -0.39 is 6.23 Å². The van der Waals surface area contributed by atoms with Crippen LogP contribution in [0.4, 0.5) is 4.39 Å². The molecular formula is C26H18BrFN2O. The number of nitrogens with zero attached hydrogens (tertiary/aromatic N) is 2. The molecule has 0 radical (unpaired) electrons. The summed E-state index contributed by atoms with van der Waals surface area (Å²) in [5, 5.41) is 9.37. The molecule has 0 bridgehead atoms. The van der Waals surface area contributed by atoms with E-state index >= 15 is 0 Å². The largest absolute Gasteiger partial charge is 0.464 e. The lowest BCUT2D eigenvalue weighted by Crippen LogP contribution is -2.33. The molecule has 4 aromatic rings. The Balaban J connectivity index is 1.46. The molecule has 2 aliphatic heterocycles. The molecule has 2 unspecified atom stereocenters. The zero-order valence-corrected chi connectivity index (χ0v) is 18.1. The molecule has 5 heteroatoms. The maximum absolute atomic E-state index is 14.0. The van der Waals surface area contributed by atoms with E-state index in [-0.39, 0.29) is 11.9 Å². The van der Waals surface area contributed by atoms with E-state index in [1.54, 1.807) is 6.07 Å². The minimum absolute atomic E-state index is 0.0241. The molecule has 2 heterocycles. The highest BCUT2D eigenvalue weighted by Gasteiger charge is 2.41. The average molecular weight is 473 g/mol. The standard InChI is InChI=1S/C26H18BrFN2O/c27-20-10-11-25-22(14-20)24-15-23(18-9-8-16-4-1-2-5-17(16)12-18)29-30(24)26(31-25)19-6-3-7-21(28)13-19/h1-14,24,26H,15H2. The molecule has 0 saturated heterocycles. The van der Waals surface area contributed by atoms with Gasteiger partial charge < -0.3 is 4.74 Å². The number of rotatable bonds is 2. The summed E-state index contributed by atoms with van der Waals surface area (Å²) in [6, 6.07) is 27.4. The third-order valence-electron chi connectivity index (χ3n) is 5.97. The molecule has 0 amide bonds. The zero-order chi connectivity index (χ0) is 20.9. The first-order valence-electron chi connectivity index (χ1n) is 10.2. The Morgan fingerprint density at radius 3 is 2.65 bits per heavy atom. The summed E-state index contributed by atoms with van der Waals surface area (Å²) in [6.07, 6.45) is 0.282. The van der Waals surface area contributed by atoms with Gasteiger partial charge in [0.25, 0.3) is 0 Å². The number of halogens is 2. The summed E-state index contributed by atoms with van der Waals surface area (Å²) >= 11 is 3.58. The third-order valence-corrected chi connectivity index (χ3v) is 6.46. The zero-order valence-electron chi connectivity index (χ0n) is 16.5. The van der Waals surface area contributed by atoms with Crippen molar-refractivity contribution in [3.05, 3.63) is 112 Å². The van der Waals surface area contributed by atoms with E-state index in [1.807, 2.05) is 35.3 Å². The van der Waals surface area contributed by atoms with Gasteiger partial charge >= 0.3 is 0 Å². The minimum atomic E-state index is -0.479. The number of hydrogen-bond donors (Lipinski definition) is 0. The van der Waals surface area contributed by atoms with E-state index in [2.05, 4.69) is 52.3 Å². The van der Waals surface area contributed by atoms with Gasteiger partial charge in [0.1, 0.15) is 11.6 Å². The average Bonchev–Trinajstić information content (AvgIpc) is 3.24. The van der Waals surface area contributed by atoms with Crippen LogP contribution < -0.4 is 4.74 Å². The van der Waals surface area contributed by atoms with E-state index in [4.69, 9.17) is 9.84 Å². The van der Waals surface area contributed by atoms with Gasteiger partial charge in [0.2, 0.25) is 6.23 Å². The summed E-state index contributed by atoms with van der Waals surface area (Å²) in [5.41, 5.74) is 3.94. The van der Waals surface area contributed by atoms with Crippen molar-refractivity contribution in [3.8, 4) is 5.75 Å². The Bertz CT molecular complexity index is 1350. The lowest BCUT2D eigenvalue weighted by atomic mass is 9.95. The van der Waals surface area contributed by atoms with Gasteiger partial charge in [0.05, 0.1) is 11.8 Å². The van der Waals surface area contributed by atoms with Gasteiger partial charge in [0.15, 0.2) is 0 Å². The van der Waals surface area contributed by atoms with E-state index in [1.165, 1.54) is 22.9 Å². The summed E-state index contributed by atoms with van der Waals surface area (Å²) < 4.78 is 21.3. The van der Waals surface area contributed by atoms with Crippen molar-refractivity contribution in [2.24, 2.45) is 5.10 Å². The van der Waals surface area contributed by atoms with Gasteiger partial charge in [-0.1, -0.05) is 64.5 Å². The van der Waals surface area contributed by atoms with Crippen molar-refractivity contribution in [3.63, 3.8) is 0 Å². The summed E-state index contributed by atoms with van der Waals surface area (Å²) in [5.74, 6) is 0.533. The van der Waals surface area contributed by atoms with Crippen LogP contribution in [-0.2, 0) is 0 Å². The highest BCUT2D eigenvalue weighted by molar-refractivity contribution is 9.10. The SMILES string of the molecule is Fc1cccc(C2Oc3ccc(Br)cc3C3CC(c4ccc5ccccc5c4)=NN32)c1. The van der Waals surface area contributed by atoms with E-state index in [9.17, 15) is 4.39 Å². The fourth-order valence-corrected chi connectivity index (χ4v) is 4.86. The van der Waals surface area contributed by atoms with Gasteiger partial charge in [-0.2, -0.15) is 5.10 Å². The normalized spacial score (nSPS) is 19.5. The molecule has 31 heavy (non-hydrogen) atoms. The molecule has 0 saturated carbocycles. The van der Waals surface area contributed by atoms with Crippen molar-refractivity contribution in [1.29, 1.82) is 0 Å². The van der Waals surface area contributed by atoms with Crippen molar-refractivity contribution in [2.45, 2.75) is 18.7 Å². The second-order valence-corrected chi connectivity index (χ2v) is 8.83. The van der Waals surface area contributed by atoms with Gasteiger partial charge in [-0.3, -0.25) is 0 Å². The Hall–Kier alpha value is -3.18. The fraction of sp³-hybridized carbons (Fsp3) is 0.115. The monoisotopic (exact) mass is 472 g/mol. The molecule has 2 atom stereocenters. The molecule has 3 nitrogen and oxygen atoms in total. The van der Waals surface area contributed by atoms with Crippen molar-refractivity contribution < 1.29 is 9.13 Å². The van der Waals surface area contributed by atoms with E-state index in [0.717, 1.165) is 39.0 Å². The second-order valence-electron chi connectivity index (χ2n) is 7.92. The van der Waals surface area contributed by atoms with Crippen LogP contribution in [0.2, 0.25) is 0 Å². The number of hydrazone groups is 1. The lowest BCUT2D eigenvalue weighted by molar-refractivity contribution is -0.0192. The topological polar surface area (TPSA) is 24.8 Å². The lowest BCUT2D eigenvalue weighted by Gasteiger charge is -2.38. The van der Waals surface area contributed by atoms with Gasteiger partial charge in [0, 0.05) is 22.0 Å². The Labute approximate surface area is 187 Å². The highest BCUT2D eigenvalue weighted by atomic mass is 79.9. The molecule has 0 aromatic heterocycles. The quantitative estimate of drug-likeness (QED) is 0.314. The third kappa shape index (κ3) is 3.20. The van der Waals surface area contributed by atoms with Crippen molar-refractivity contribution in [2.75, 3.05) is 0 Å². The maximum atomic E-state index is 14.0. The van der Waals surface area contributed by atoms with Crippen LogP contribution in [0, 0.1) is 5.82 Å². The van der Waals surface area contributed by atoms with Crippen LogP contribution in [0.25, 0.3) is 10.8 Å². The first-order valence-corrected chi connectivity index (χ1v) is 11.0. The Morgan fingerprint density at radius 2 is 1.77 bits per heavy atom. The minimum Gasteiger partial charge on any atom is -0.464 e. The molecule has 0 fully saturated rings. The molecule has 152 valence electrons. The van der Waals surface area contributed by atoms with Gasteiger partial charge in [-0.25, -0.2) is 9.40 Å². The maximum Gasteiger partial charge on any atom is 0.213 e. The van der Waals surface area contributed by atoms with Crippen LogP contribution in [0.5, 0.6) is 5.75 Å². The number of ether oxygens (including phenoxy) is 1. The molecular weight excluding hydrogens is 455 g/mol. The van der Waals surface area contributed by atoms with E-state index in [0.29, 0.717) is 0 Å². The number of benzene rings is 4. The molecule has 6 rings (SSSR count). The summed E-state index contributed by atoms with van der Waals surface area (Å²) in [4.78, 5) is 0. The molecule has 0 spiro atoms. The van der Waals surface area contributed by atoms with Crippen LogP contribution in [0.3, 0.4) is 0 Å². The number of hydrogen-bond acceptors (Lipinski definition) is 3. The molecule has 0 N–H and O–H groups in total. The van der Waals surface area contributed by atoms with Gasteiger partial charge in [-0.05, 0) is 52.7 Å². The predicted molar refractivity (Wildman–Crippen MR) is 124 cm³/mol. The Kier molecular flexibility index (Phi) is 4.32. The van der Waals surface area contributed by atoms with Crippen LogP contribution in [0.15, 0.2) is 94.5 Å². The van der Waals surface area contributed by atoms with Gasteiger partial charge in [-0.15, -0.1) is 0 Å². The molecule has 0 aliphatic carbocycles.